The summed E-state index contributed by atoms with van der Waals surface area (Å²) in [5, 5.41) is 0. The molecule has 0 bridgehead atoms. The first-order valence-electron chi connectivity index (χ1n) is 8.52. The maximum atomic E-state index is 12.2. The Morgan fingerprint density at radius 1 is 1.20 bits per heavy atom. The van der Waals surface area contributed by atoms with Crippen molar-refractivity contribution in [2.75, 3.05) is 11.9 Å². The van der Waals surface area contributed by atoms with Crippen molar-refractivity contribution >= 4 is 24.5 Å². The van der Waals surface area contributed by atoms with Crippen LogP contribution in [0.2, 0.25) is 0 Å². The van der Waals surface area contributed by atoms with Gasteiger partial charge in [0.2, 0.25) is 0 Å². The molecule has 1 aliphatic rings. The molecular weight excluding hydrogens is 319 g/mol. The van der Waals surface area contributed by atoms with Gasteiger partial charge in [-0.3, -0.25) is 4.90 Å². The van der Waals surface area contributed by atoms with Crippen molar-refractivity contribution in [3.63, 3.8) is 0 Å². The fraction of sp³-hybridized carbons (Fsp3) is 0.667. The van der Waals surface area contributed by atoms with Gasteiger partial charge in [-0.2, -0.15) is 0 Å². The van der Waals surface area contributed by atoms with Crippen LogP contribution in [-0.2, 0) is 14.0 Å². The number of carbonyl (C=O) groups excluding carboxylic acids is 1. The molecule has 0 unspecified atom stereocenters. The molecule has 2 heterocycles. The average molecular weight is 348 g/mol. The fourth-order valence-electron chi connectivity index (χ4n) is 2.47. The average Bonchev–Trinajstić information content (AvgIpc) is 2.64. The van der Waals surface area contributed by atoms with Crippen LogP contribution < -0.4 is 10.4 Å². The summed E-state index contributed by atoms with van der Waals surface area (Å²) in [5.74, 6) is 0.550. The molecule has 7 heteroatoms. The Kier molecular flexibility index (Phi) is 4.96. The lowest BCUT2D eigenvalue weighted by Gasteiger charge is -2.32. The van der Waals surface area contributed by atoms with E-state index in [1.165, 1.54) is 4.90 Å². The van der Waals surface area contributed by atoms with Crippen molar-refractivity contribution in [3.8, 4) is 0 Å². The van der Waals surface area contributed by atoms with Gasteiger partial charge in [-0.25, -0.2) is 9.78 Å². The van der Waals surface area contributed by atoms with Gasteiger partial charge < -0.3 is 14.0 Å². The number of aromatic nitrogens is 1. The Labute approximate surface area is 151 Å². The number of amides is 1. The lowest BCUT2D eigenvalue weighted by atomic mass is 9.80. The minimum Gasteiger partial charge on any atom is -0.443 e. The highest BCUT2D eigenvalue weighted by Gasteiger charge is 2.51. The number of hydrogen-bond acceptors (Lipinski definition) is 5. The molecule has 0 aromatic carbocycles. The van der Waals surface area contributed by atoms with E-state index in [1.807, 2.05) is 61.5 Å². The van der Waals surface area contributed by atoms with E-state index in [-0.39, 0.29) is 0 Å². The standard InChI is InChI=1S/C18H29BN2O4/c1-12-10-13(19-24-17(5,6)18(7,8)25-19)11-20-14(12)21(9)15(22)23-16(2,3)4/h10-11H,1-9H3. The van der Waals surface area contributed by atoms with Gasteiger partial charge in [0.25, 0.3) is 0 Å². The minimum atomic E-state index is -0.554. The second-order valence-corrected chi connectivity index (χ2v) is 8.54. The third-order valence-corrected chi connectivity index (χ3v) is 4.58. The topological polar surface area (TPSA) is 60.9 Å². The van der Waals surface area contributed by atoms with E-state index in [0.29, 0.717) is 5.82 Å². The lowest BCUT2D eigenvalue weighted by Crippen LogP contribution is -2.41. The first-order chi connectivity index (χ1) is 11.2. The SMILES string of the molecule is Cc1cc(B2OC(C)(C)C(C)(C)O2)cnc1N(C)C(=O)OC(C)(C)C. The molecule has 138 valence electrons. The van der Waals surface area contributed by atoms with Crippen molar-refractivity contribution < 1.29 is 18.8 Å². The summed E-state index contributed by atoms with van der Waals surface area (Å²) in [4.78, 5) is 18.1. The first-order valence-corrected chi connectivity index (χ1v) is 8.52. The summed E-state index contributed by atoms with van der Waals surface area (Å²) in [6.07, 6.45) is 1.25. The summed E-state index contributed by atoms with van der Waals surface area (Å²) < 4.78 is 17.5. The molecule has 1 saturated heterocycles. The summed E-state index contributed by atoms with van der Waals surface area (Å²) in [6, 6.07) is 1.94. The largest absolute Gasteiger partial charge is 0.496 e. The molecule has 0 N–H and O–H groups in total. The number of hydrogen-bond donors (Lipinski definition) is 0. The van der Waals surface area contributed by atoms with E-state index in [1.54, 1.807) is 13.2 Å². The summed E-state index contributed by atoms with van der Waals surface area (Å²) in [5.41, 5.74) is 0.315. The zero-order chi connectivity index (χ0) is 19.2. The quantitative estimate of drug-likeness (QED) is 0.769. The van der Waals surface area contributed by atoms with Gasteiger partial charge in [-0.15, -0.1) is 0 Å². The molecule has 1 aliphatic heterocycles. The van der Waals surface area contributed by atoms with Crippen LogP contribution in [-0.4, -0.2) is 42.0 Å². The molecule has 25 heavy (non-hydrogen) atoms. The number of carbonyl (C=O) groups is 1. The van der Waals surface area contributed by atoms with Gasteiger partial charge in [-0.05, 0) is 61.0 Å². The normalized spacial score (nSPS) is 19.0. The Hall–Kier alpha value is -1.60. The highest BCUT2D eigenvalue weighted by molar-refractivity contribution is 6.62. The van der Waals surface area contributed by atoms with Gasteiger partial charge >= 0.3 is 13.2 Å². The smallest absolute Gasteiger partial charge is 0.443 e. The van der Waals surface area contributed by atoms with Gasteiger partial charge in [0.1, 0.15) is 11.4 Å². The number of aryl methyl sites for hydroxylation is 1. The molecule has 1 fully saturated rings. The Morgan fingerprint density at radius 2 is 1.72 bits per heavy atom. The van der Waals surface area contributed by atoms with E-state index in [9.17, 15) is 4.79 Å². The van der Waals surface area contributed by atoms with Crippen molar-refractivity contribution in [2.24, 2.45) is 0 Å². The molecule has 0 spiro atoms. The zero-order valence-corrected chi connectivity index (χ0v) is 16.8. The highest BCUT2D eigenvalue weighted by Crippen LogP contribution is 2.36. The molecule has 0 atom stereocenters. The maximum absolute atomic E-state index is 12.2. The van der Waals surface area contributed by atoms with Gasteiger partial charge in [0.15, 0.2) is 0 Å². The number of pyridine rings is 1. The molecule has 1 aromatic rings. The van der Waals surface area contributed by atoms with E-state index in [0.717, 1.165) is 11.0 Å². The second kappa shape index (κ2) is 6.29. The van der Waals surface area contributed by atoms with E-state index in [4.69, 9.17) is 14.0 Å². The predicted octanol–water partition coefficient (Wildman–Crippen LogP) is 3.06. The molecular formula is C18H29BN2O4. The van der Waals surface area contributed by atoms with Crippen molar-refractivity contribution in [1.29, 1.82) is 0 Å². The van der Waals surface area contributed by atoms with Gasteiger partial charge in [0, 0.05) is 18.7 Å². The monoisotopic (exact) mass is 348 g/mol. The second-order valence-electron chi connectivity index (χ2n) is 8.54. The fourth-order valence-corrected chi connectivity index (χ4v) is 2.47. The Balaban J connectivity index is 2.20. The van der Waals surface area contributed by atoms with Crippen LogP contribution in [0.4, 0.5) is 10.6 Å². The lowest BCUT2D eigenvalue weighted by molar-refractivity contribution is 0.00578. The van der Waals surface area contributed by atoms with Crippen molar-refractivity contribution in [3.05, 3.63) is 17.8 Å². The van der Waals surface area contributed by atoms with Crippen LogP contribution in [0.25, 0.3) is 0 Å². The van der Waals surface area contributed by atoms with Crippen molar-refractivity contribution in [2.45, 2.75) is 72.2 Å². The highest BCUT2D eigenvalue weighted by atomic mass is 16.7. The Bertz CT molecular complexity index is 652. The summed E-state index contributed by atoms with van der Waals surface area (Å²) in [6.45, 7) is 15.4. The number of rotatable bonds is 2. The number of nitrogens with zero attached hydrogens (tertiary/aromatic N) is 2. The van der Waals surface area contributed by atoms with Crippen molar-refractivity contribution in [1.82, 2.24) is 4.98 Å². The van der Waals surface area contributed by atoms with Gasteiger partial charge in [0.05, 0.1) is 11.2 Å². The summed E-state index contributed by atoms with van der Waals surface area (Å²) in [7, 11) is 1.18. The summed E-state index contributed by atoms with van der Waals surface area (Å²) >= 11 is 0. The van der Waals surface area contributed by atoms with E-state index in [2.05, 4.69) is 4.98 Å². The van der Waals surface area contributed by atoms with Crippen LogP contribution in [0.3, 0.4) is 0 Å². The molecule has 1 amide bonds. The third-order valence-electron chi connectivity index (χ3n) is 4.58. The van der Waals surface area contributed by atoms with Crippen LogP contribution in [0.15, 0.2) is 12.3 Å². The first kappa shape index (κ1) is 19.7. The van der Waals surface area contributed by atoms with E-state index >= 15 is 0 Å². The predicted molar refractivity (Wildman–Crippen MR) is 99.3 cm³/mol. The maximum Gasteiger partial charge on any atom is 0.496 e. The van der Waals surface area contributed by atoms with E-state index < -0.39 is 30.0 Å². The van der Waals surface area contributed by atoms with Crippen LogP contribution >= 0.6 is 0 Å². The molecule has 1 aromatic heterocycles. The third kappa shape index (κ3) is 4.15. The van der Waals surface area contributed by atoms with Crippen LogP contribution in [0, 0.1) is 6.92 Å². The molecule has 2 rings (SSSR count). The zero-order valence-electron chi connectivity index (χ0n) is 16.8. The number of anilines is 1. The number of ether oxygens (including phenoxy) is 1. The Morgan fingerprint density at radius 3 is 2.16 bits per heavy atom. The van der Waals surface area contributed by atoms with Gasteiger partial charge in [-0.1, -0.05) is 6.07 Å². The molecule has 0 aliphatic carbocycles. The minimum absolute atomic E-state index is 0.405. The molecule has 0 radical (unpaired) electrons. The molecule has 6 nitrogen and oxygen atoms in total. The van der Waals surface area contributed by atoms with Crippen LogP contribution in [0.1, 0.15) is 54.0 Å². The molecule has 0 saturated carbocycles. The van der Waals surface area contributed by atoms with Crippen LogP contribution in [0.5, 0.6) is 0 Å².